The summed E-state index contributed by atoms with van der Waals surface area (Å²) in [7, 11) is 0. The molecule has 0 aliphatic heterocycles. The number of carbonyl (C=O) groups excluding carboxylic acids is 2. The summed E-state index contributed by atoms with van der Waals surface area (Å²) in [6, 6.07) is 12.3. The summed E-state index contributed by atoms with van der Waals surface area (Å²) in [5.74, 6) is -0.310. The van der Waals surface area contributed by atoms with Crippen LogP contribution in [0.3, 0.4) is 0 Å². The zero-order chi connectivity index (χ0) is 19.9. The first-order valence-electron chi connectivity index (χ1n) is 8.49. The monoisotopic (exact) mass is 374 g/mol. The van der Waals surface area contributed by atoms with Crippen molar-refractivity contribution >= 4 is 17.7 Å². The van der Waals surface area contributed by atoms with E-state index < -0.39 is 17.5 Å². The van der Waals surface area contributed by atoms with Crippen LogP contribution in [0.4, 0.5) is 14.9 Å². The SMILES string of the molecule is CC(C)(C)OC(=O)Nc1cccc(OCCNC(=O)c2cccc(F)c2)c1. The Kier molecular flexibility index (Phi) is 6.76. The van der Waals surface area contributed by atoms with Gasteiger partial charge in [0.15, 0.2) is 0 Å². The highest BCUT2D eigenvalue weighted by Gasteiger charge is 2.16. The molecule has 27 heavy (non-hydrogen) atoms. The fourth-order valence-electron chi connectivity index (χ4n) is 2.15. The molecule has 0 saturated carbocycles. The van der Waals surface area contributed by atoms with Gasteiger partial charge in [-0.2, -0.15) is 0 Å². The number of amides is 2. The van der Waals surface area contributed by atoms with Crippen LogP contribution in [0.5, 0.6) is 5.75 Å². The smallest absolute Gasteiger partial charge is 0.412 e. The van der Waals surface area contributed by atoms with E-state index in [0.29, 0.717) is 11.4 Å². The minimum atomic E-state index is -0.585. The lowest BCUT2D eigenvalue weighted by atomic mass is 10.2. The van der Waals surface area contributed by atoms with E-state index in [1.807, 2.05) is 0 Å². The van der Waals surface area contributed by atoms with Crippen LogP contribution in [0, 0.1) is 5.82 Å². The van der Waals surface area contributed by atoms with Crippen molar-refractivity contribution < 1.29 is 23.5 Å². The summed E-state index contributed by atoms with van der Waals surface area (Å²) < 4.78 is 23.9. The molecule has 0 aliphatic carbocycles. The van der Waals surface area contributed by atoms with E-state index in [1.54, 1.807) is 45.0 Å². The van der Waals surface area contributed by atoms with Crippen LogP contribution in [-0.4, -0.2) is 30.8 Å². The van der Waals surface area contributed by atoms with Crippen LogP contribution in [0.15, 0.2) is 48.5 Å². The number of nitrogens with one attached hydrogen (secondary N) is 2. The molecule has 0 atom stereocenters. The van der Waals surface area contributed by atoms with Crippen molar-refractivity contribution in [2.45, 2.75) is 26.4 Å². The summed E-state index contributed by atoms with van der Waals surface area (Å²) in [5, 5.41) is 5.28. The molecule has 2 rings (SSSR count). The highest BCUT2D eigenvalue weighted by atomic mass is 19.1. The van der Waals surface area contributed by atoms with Gasteiger partial charge in [0, 0.05) is 17.3 Å². The first-order chi connectivity index (χ1) is 12.7. The highest BCUT2D eigenvalue weighted by molar-refractivity contribution is 5.94. The van der Waals surface area contributed by atoms with E-state index in [2.05, 4.69) is 10.6 Å². The molecule has 0 aromatic heterocycles. The van der Waals surface area contributed by atoms with Gasteiger partial charge in [-0.05, 0) is 51.1 Å². The maximum atomic E-state index is 13.1. The van der Waals surface area contributed by atoms with Gasteiger partial charge in [-0.15, -0.1) is 0 Å². The molecule has 0 heterocycles. The van der Waals surface area contributed by atoms with Crippen LogP contribution in [0.1, 0.15) is 31.1 Å². The van der Waals surface area contributed by atoms with Gasteiger partial charge in [-0.3, -0.25) is 10.1 Å². The zero-order valence-corrected chi connectivity index (χ0v) is 15.5. The fourth-order valence-corrected chi connectivity index (χ4v) is 2.15. The lowest BCUT2D eigenvalue weighted by Gasteiger charge is -2.19. The van der Waals surface area contributed by atoms with Crippen molar-refractivity contribution in [3.63, 3.8) is 0 Å². The normalized spacial score (nSPS) is 10.8. The summed E-state index contributed by atoms with van der Waals surface area (Å²) in [6.45, 7) is 5.81. The van der Waals surface area contributed by atoms with Gasteiger partial charge in [0.2, 0.25) is 0 Å². The second kappa shape index (κ2) is 9.02. The molecule has 7 heteroatoms. The Labute approximate surface area is 157 Å². The van der Waals surface area contributed by atoms with Gasteiger partial charge in [0.05, 0.1) is 6.54 Å². The lowest BCUT2D eigenvalue weighted by Crippen LogP contribution is -2.28. The third kappa shape index (κ3) is 7.35. The molecule has 0 unspecified atom stereocenters. The van der Waals surface area contributed by atoms with Gasteiger partial charge in [0.25, 0.3) is 5.91 Å². The Morgan fingerprint density at radius 3 is 2.52 bits per heavy atom. The summed E-state index contributed by atoms with van der Waals surface area (Å²) in [6.07, 6.45) is -0.554. The van der Waals surface area contributed by atoms with Crippen molar-refractivity contribution in [1.29, 1.82) is 0 Å². The molecule has 2 amide bonds. The zero-order valence-electron chi connectivity index (χ0n) is 15.5. The van der Waals surface area contributed by atoms with Gasteiger partial charge >= 0.3 is 6.09 Å². The third-order valence-corrected chi connectivity index (χ3v) is 3.22. The number of carbonyl (C=O) groups is 2. The maximum Gasteiger partial charge on any atom is 0.412 e. The molecule has 6 nitrogen and oxygen atoms in total. The molecule has 2 aromatic rings. The number of halogens is 1. The van der Waals surface area contributed by atoms with Crippen molar-refractivity contribution in [1.82, 2.24) is 5.32 Å². The number of rotatable bonds is 6. The first-order valence-corrected chi connectivity index (χ1v) is 8.49. The largest absolute Gasteiger partial charge is 0.492 e. The van der Waals surface area contributed by atoms with Crippen LogP contribution >= 0.6 is 0 Å². The molecular weight excluding hydrogens is 351 g/mol. The quantitative estimate of drug-likeness (QED) is 0.750. The molecular formula is C20H23FN2O4. The Bertz CT molecular complexity index is 803. The topological polar surface area (TPSA) is 76.7 Å². The van der Waals surface area contributed by atoms with E-state index in [-0.39, 0.29) is 24.6 Å². The van der Waals surface area contributed by atoms with Crippen LogP contribution in [-0.2, 0) is 4.74 Å². The van der Waals surface area contributed by atoms with E-state index in [0.717, 1.165) is 0 Å². The predicted molar refractivity (Wildman–Crippen MR) is 101 cm³/mol. The molecule has 0 spiro atoms. The molecule has 2 aromatic carbocycles. The standard InChI is InChI=1S/C20H23FN2O4/c1-20(2,3)27-19(25)23-16-8-5-9-17(13-16)26-11-10-22-18(24)14-6-4-7-15(21)12-14/h4-9,12-13H,10-11H2,1-3H3,(H,22,24)(H,23,25). The minimum Gasteiger partial charge on any atom is -0.492 e. The predicted octanol–water partition coefficient (Wildman–Crippen LogP) is 3.98. The van der Waals surface area contributed by atoms with Gasteiger partial charge < -0.3 is 14.8 Å². The summed E-state index contributed by atoms with van der Waals surface area (Å²) in [5.41, 5.74) is 0.196. The van der Waals surface area contributed by atoms with Gasteiger partial charge in [-0.25, -0.2) is 9.18 Å². The van der Waals surface area contributed by atoms with Crippen molar-refractivity contribution in [3.05, 3.63) is 59.9 Å². The highest BCUT2D eigenvalue weighted by Crippen LogP contribution is 2.18. The van der Waals surface area contributed by atoms with Gasteiger partial charge in [0.1, 0.15) is 23.8 Å². The number of anilines is 1. The van der Waals surface area contributed by atoms with Crippen molar-refractivity contribution in [2.24, 2.45) is 0 Å². The lowest BCUT2D eigenvalue weighted by molar-refractivity contribution is 0.0635. The second-order valence-corrected chi connectivity index (χ2v) is 6.77. The minimum absolute atomic E-state index is 0.219. The summed E-state index contributed by atoms with van der Waals surface area (Å²) >= 11 is 0. The Morgan fingerprint density at radius 1 is 1.07 bits per heavy atom. The van der Waals surface area contributed by atoms with Crippen molar-refractivity contribution in [2.75, 3.05) is 18.5 Å². The van der Waals surface area contributed by atoms with E-state index in [4.69, 9.17) is 9.47 Å². The molecule has 144 valence electrons. The van der Waals surface area contributed by atoms with Crippen LogP contribution < -0.4 is 15.4 Å². The Hall–Kier alpha value is -3.09. The van der Waals surface area contributed by atoms with E-state index >= 15 is 0 Å². The van der Waals surface area contributed by atoms with Crippen LogP contribution in [0.2, 0.25) is 0 Å². The number of benzene rings is 2. The Morgan fingerprint density at radius 2 is 1.81 bits per heavy atom. The molecule has 2 N–H and O–H groups in total. The number of hydrogen-bond acceptors (Lipinski definition) is 4. The molecule has 0 fully saturated rings. The third-order valence-electron chi connectivity index (χ3n) is 3.22. The molecule has 0 radical (unpaired) electrons. The second-order valence-electron chi connectivity index (χ2n) is 6.77. The number of hydrogen-bond donors (Lipinski definition) is 2. The van der Waals surface area contributed by atoms with E-state index in [9.17, 15) is 14.0 Å². The first kappa shape index (κ1) is 20.2. The fraction of sp³-hybridized carbons (Fsp3) is 0.300. The summed E-state index contributed by atoms with van der Waals surface area (Å²) in [4.78, 5) is 23.7. The maximum absolute atomic E-state index is 13.1. The van der Waals surface area contributed by atoms with Crippen molar-refractivity contribution in [3.8, 4) is 5.75 Å². The molecule has 0 bridgehead atoms. The molecule has 0 saturated heterocycles. The number of ether oxygens (including phenoxy) is 2. The average Bonchev–Trinajstić information content (AvgIpc) is 2.57. The Balaban J connectivity index is 1.79. The van der Waals surface area contributed by atoms with Crippen LogP contribution in [0.25, 0.3) is 0 Å². The van der Waals surface area contributed by atoms with E-state index in [1.165, 1.54) is 24.3 Å². The average molecular weight is 374 g/mol. The van der Waals surface area contributed by atoms with Gasteiger partial charge in [-0.1, -0.05) is 12.1 Å². The molecule has 0 aliphatic rings.